The normalized spacial score (nSPS) is 19.7. The highest BCUT2D eigenvalue weighted by Gasteiger charge is 2.47. The summed E-state index contributed by atoms with van der Waals surface area (Å²) in [5.74, 6) is -0.951. The van der Waals surface area contributed by atoms with Crippen LogP contribution in [0, 0.1) is 0 Å². The van der Waals surface area contributed by atoms with E-state index in [0.29, 0.717) is 5.56 Å². The van der Waals surface area contributed by atoms with Crippen molar-refractivity contribution in [2.45, 2.75) is 88.8 Å². The van der Waals surface area contributed by atoms with E-state index in [1.807, 2.05) is 30.3 Å². The van der Waals surface area contributed by atoms with Gasteiger partial charge in [-0.3, -0.25) is 9.59 Å². The van der Waals surface area contributed by atoms with E-state index in [-0.39, 0.29) is 12.2 Å². The van der Waals surface area contributed by atoms with Crippen LogP contribution in [0.5, 0.6) is 0 Å². The van der Waals surface area contributed by atoms with E-state index in [1.54, 1.807) is 6.92 Å². The van der Waals surface area contributed by atoms with E-state index in [2.05, 4.69) is 0 Å². The SMILES string of the molecule is CC(C(=O)OC1CCCCC1)(C(=O)OC1CCCCC1)c1ccccc1. The minimum Gasteiger partial charge on any atom is -0.461 e. The molecule has 2 aliphatic rings. The molecule has 3 rings (SSSR count). The van der Waals surface area contributed by atoms with Gasteiger partial charge in [0.15, 0.2) is 5.41 Å². The zero-order chi connectivity index (χ0) is 18.4. The number of hydrogen-bond donors (Lipinski definition) is 0. The fourth-order valence-electron chi connectivity index (χ4n) is 3.99. The molecule has 2 fully saturated rings. The summed E-state index contributed by atoms with van der Waals surface area (Å²) in [5.41, 5.74) is -0.766. The maximum absolute atomic E-state index is 13.1. The average molecular weight is 358 g/mol. The number of esters is 2. The number of ether oxygens (including phenoxy) is 2. The van der Waals surface area contributed by atoms with Gasteiger partial charge in [-0.05, 0) is 63.9 Å². The summed E-state index contributed by atoms with van der Waals surface area (Å²) in [7, 11) is 0. The van der Waals surface area contributed by atoms with Crippen LogP contribution in [0.2, 0.25) is 0 Å². The van der Waals surface area contributed by atoms with Crippen LogP contribution >= 0.6 is 0 Å². The van der Waals surface area contributed by atoms with Crippen molar-refractivity contribution in [3.63, 3.8) is 0 Å². The first-order valence-corrected chi connectivity index (χ1v) is 10.1. The molecule has 0 amide bonds. The molecule has 4 nitrogen and oxygen atoms in total. The number of benzene rings is 1. The fourth-order valence-corrected chi connectivity index (χ4v) is 3.99. The monoisotopic (exact) mass is 358 g/mol. The molecule has 1 aromatic carbocycles. The summed E-state index contributed by atoms with van der Waals surface area (Å²) in [4.78, 5) is 26.2. The average Bonchev–Trinajstić information content (AvgIpc) is 2.69. The van der Waals surface area contributed by atoms with E-state index < -0.39 is 17.4 Å². The Hall–Kier alpha value is -1.84. The Morgan fingerprint density at radius 3 is 1.62 bits per heavy atom. The zero-order valence-electron chi connectivity index (χ0n) is 15.7. The molecule has 0 bridgehead atoms. The minimum atomic E-state index is -1.41. The van der Waals surface area contributed by atoms with Gasteiger partial charge in [0, 0.05) is 0 Å². The summed E-state index contributed by atoms with van der Waals surface area (Å²) >= 11 is 0. The van der Waals surface area contributed by atoms with Crippen molar-refractivity contribution < 1.29 is 19.1 Å². The van der Waals surface area contributed by atoms with Gasteiger partial charge in [0.1, 0.15) is 12.2 Å². The molecule has 0 aromatic heterocycles. The third kappa shape index (κ3) is 4.28. The number of hydrogen-bond acceptors (Lipinski definition) is 4. The molecule has 0 spiro atoms. The van der Waals surface area contributed by atoms with Crippen molar-refractivity contribution in [2.75, 3.05) is 0 Å². The molecule has 0 aliphatic heterocycles. The van der Waals surface area contributed by atoms with Crippen LogP contribution in [0.25, 0.3) is 0 Å². The Balaban J connectivity index is 1.78. The molecule has 0 atom stereocenters. The van der Waals surface area contributed by atoms with Crippen LogP contribution < -0.4 is 0 Å². The molecule has 26 heavy (non-hydrogen) atoms. The standard InChI is InChI=1S/C22H30O4/c1-22(17-11-5-2-6-12-17,20(23)25-18-13-7-3-8-14-18)21(24)26-19-15-9-4-10-16-19/h2,5-6,11-12,18-19H,3-4,7-10,13-16H2,1H3. The van der Waals surface area contributed by atoms with Crippen molar-refractivity contribution in [1.82, 2.24) is 0 Å². The second-order valence-corrected chi connectivity index (χ2v) is 7.82. The predicted molar refractivity (Wildman–Crippen MR) is 99.7 cm³/mol. The van der Waals surface area contributed by atoms with Gasteiger partial charge in [0.05, 0.1) is 0 Å². The molecule has 0 unspecified atom stereocenters. The highest BCUT2D eigenvalue weighted by atomic mass is 16.6. The van der Waals surface area contributed by atoms with Crippen molar-refractivity contribution >= 4 is 11.9 Å². The molecule has 0 saturated heterocycles. The van der Waals surface area contributed by atoms with Crippen LogP contribution in [-0.2, 0) is 24.5 Å². The molecule has 4 heteroatoms. The molecule has 142 valence electrons. The Bertz CT molecular complexity index is 566. The van der Waals surface area contributed by atoms with Gasteiger partial charge < -0.3 is 9.47 Å². The predicted octanol–water partition coefficient (Wildman–Crippen LogP) is 4.70. The highest BCUT2D eigenvalue weighted by Crippen LogP contribution is 2.32. The lowest BCUT2D eigenvalue weighted by Gasteiger charge is -2.32. The summed E-state index contributed by atoms with van der Waals surface area (Å²) < 4.78 is 11.6. The van der Waals surface area contributed by atoms with E-state index in [0.717, 1.165) is 51.4 Å². The maximum Gasteiger partial charge on any atom is 0.328 e. The quantitative estimate of drug-likeness (QED) is 0.566. The number of carbonyl (C=O) groups is 2. The lowest BCUT2D eigenvalue weighted by Crippen LogP contribution is -2.46. The molecule has 2 aliphatic carbocycles. The van der Waals surface area contributed by atoms with Crippen LogP contribution in [0.15, 0.2) is 30.3 Å². The van der Waals surface area contributed by atoms with Gasteiger partial charge in [-0.25, -0.2) is 0 Å². The van der Waals surface area contributed by atoms with Gasteiger partial charge in [-0.2, -0.15) is 0 Å². The van der Waals surface area contributed by atoms with E-state index in [4.69, 9.17) is 9.47 Å². The smallest absolute Gasteiger partial charge is 0.328 e. The Labute approximate surface area is 156 Å². The van der Waals surface area contributed by atoms with E-state index >= 15 is 0 Å². The Morgan fingerprint density at radius 1 is 0.769 bits per heavy atom. The van der Waals surface area contributed by atoms with Crippen molar-refractivity contribution in [3.05, 3.63) is 35.9 Å². The molecule has 2 saturated carbocycles. The molecule has 0 heterocycles. The van der Waals surface area contributed by atoms with Crippen LogP contribution in [0.3, 0.4) is 0 Å². The van der Waals surface area contributed by atoms with Gasteiger partial charge in [0.2, 0.25) is 0 Å². The first-order valence-electron chi connectivity index (χ1n) is 10.1. The summed E-state index contributed by atoms with van der Waals surface area (Å²) in [6, 6.07) is 9.18. The number of rotatable bonds is 5. The maximum atomic E-state index is 13.1. The van der Waals surface area contributed by atoms with E-state index in [1.165, 1.54) is 12.8 Å². The van der Waals surface area contributed by atoms with Crippen LogP contribution in [0.4, 0.5) is 0 Å². The van der Waals surface area contributed by atoms with Gasteiger partial charge in [-0.1, -0.05) is 43.2 Å². The fraction of sp³-hybridized carbons (Fsp3) is 0.636. The second-order valence-electron chi connectivity index (χ2n) is 7.82. The van der Waals surface area contributed by atoms with Crippen molar-refractivity contribution in [3.8, 4) is 0 Å². The van der Waals surface area contributed by atoms with Gasteiger partial charge in [-0.15, -0.1) is 0 Å². The number of carbonyl (C=O) groups excluding carboxylic acids is 2. The molecule has 0 N–H and O–H groups in total. The highest BCUT2D eigenvalue weighted by molar-refractivity contribution is 6.06. The summed E-state index contributed by atoms with van der Waals surface area (Å²) in [6.45, 7) is 1.65. The Kier molecular flexibility index (Phi) is 6.33. The summed E-state index contributed by atoms with van der Waals surface area (Å²) in [5, 5.41) is 0. The third-order valence-corrected chi connectivity index (χ3v) is 5.82. The first-order chi connectivity index (χ1) is 12.6. The second kappa shape index (κ2) is 8.70. The van der Waals surface area contributed by atoms with E-state index in [9.17, 15) is 9.59 Å². The zero-order valence-corrected chi connectivity index (χ0v) is 15.7. The first kappa shape index (κ1) is 18.9. The van der Waals surface area contributed by atoms with Crippen molar-refractivity contribution in [1.29, 1.82) is 0 Å². The third-order valence-electron chi connectivity index (χ3n) is 5.82. The lowest BCUT2D eigenvalue weighted by molar-refractivity contribution is -0.172. The molecular weight excluding hydrogens is 328 g/mol. The molecular formula is C22H30O4. The van der Waals surface area contributed by atoms with Gasteiger partial charge >= 0.3 is 11.9 Å². The Morgan fingerprint density at radius 2 is 1.19 bits per heavy atom. The van der Waals surface area contributed by atoms with Crippen LogP contribution in [-0.4, -0.2) is 24.1 Å². The topological polar surface area (TPSA) is 52.6 Å². The van der Waals surface area contributed by atoms with Crippen LogP contribution in [0.1, 0.15) is 76.7 Å². The molecule has 0 radical (unpaired) electrons. The van der Waals surface area contributed by atoms with Gasteiger partial charge in [0.25, 0.3) is 0 Å². The largest absolute Gasteiger partial charge is 0.461 e. The minimum absolute atomic E-state index is 0.0817. The molecule has 1 aromatic rings. The summed E-state index contributed by atoms with van der Waals surface area (Å²) in [6.07, 6.45) is 10.0. The lowest BCUT2D eigenvalue weighted by atomic mass is 9.82. The van der Waals surface area contributed by atoms with Crippen molar-refractivity contribution in [2.24, 2.45) is 0 Å².